The lowest BCUT2D eigenvalue weighted by molar-refractivity contribution is 0.0684. The topological polar surface area (TPSA) is 92.0 Å². The van der Waals surface area contributed by atoms with Crippen molar-refractivity contribution >= 4 is 16.9 Å². The second kappa shape index (κ2) is 3.69. The van der Waals surface area contributed by atoms with Gasteiger partial charge in [0, 0.05) is 10.9 Å². The second-order valence-electron chi connectivity index (χ2n) is 3.92. The lowest BCUT2D eigenvalue weighted by Crippen LogP contribution is -1.98. The van der Waals surface area contributed by atoms with Gasteiger partial charge in [-0.25, -0.2) is 9.78 Å². The van der Waals surface area contributed by atoms with Crippen molar-refractivity contribution in [1.82, 2.24) is 15.2 Å². The number of furan rings is 1. The Morgan fingerprint density at radius 1 is 1.39 bits per heavy atom. The fourth-order valence-electron chi connectivity index (χ4n) is 1.80. The van der Waals surface area contributed by atoms with Gasteiger partial charge in [-0.05, 0) is 31.2 Å². The van der Waals surface area contributed by atoms with E-state index in [2.05, 4.69) is 15.2 Å². The van der Waals surface area contributed by atoms with Gasteiger partial charge in [0.15, 0.2) is 5.82 Å². The number of carbonyl (C=O) groups is 1. The van der Waals surface area contributed by atoms with E-state index in [9.17, 15) is 4.79 Å². The molecule has 0 aliphatic heterocycles. The minimum Gasteiger partial charge on any atom is -0.475 e. The van der Waals surface area contributed by atoms with E-state index < -0.39 is 5.97 Å². The number of benzene rings is 1. The summed E-state index contributed by atoms with van der Waals surface area (Å²) >= 11 is 0. The molecule has 3 rings (SSSR count). The van der Waals surface area contributed by atoms with Crippen LogP contribution >= 0.6 is 0 Å². The molecule has 6 nitrogen and oxygen atoms in total. The highest BCUT2D eigenvalue weighted by Gasteiger charge is 2.12. The van der Waals surface area contributed by atoms with Crippen LogP contribution in [0.25, 0.3) is 22.4 Å². The molecule has 1 aromatic carbocycles. The zero-order valence-corrected chi connectivity index (χ0v) is 9.47. The normalized spacial score (nSPS) is 10.9. The molecule has 0 radical (unpaired) electrons. The molecule has 6 heteroatoms. The molecular formula is C12H9N3O3. The van der Waals surface area contributed by atoms with Crippen LogP contribution in [0.15, 0.2) is 28.7 Å². The lowest BCUT2D eigenvalue weighted by Gasteiger charge is -1.94. The maximum atomic E-state index is 10.7. The third-order valence-corrected chi connectivity index (χ3v) is 2.59. The summed E-state index contributed by atoms with van der Waals surface area (Å²) in [5.41, 5.74) is 1.53. The smallest absolute Gasteiger partial charge is 0.373 e. The van der Waals surface area contributed by atoms with Gasteiger partial charge in [-0.1, -0.05) is 0 Å². The van der Waals surface area contributed by atoms with Gasteiger partial charge < -0.3 is 9.52 Å². The third-order valence-electron chi connectivity index (χ3n) is 2.59. The van der Waals surface area contributed by atoms with Gasteiger partial charge in [0.05, 0.1) is 0 Å². The second-order valence-corrected chi connectivity index (χ2v) is 3.92. The van der Waals surface area contributed by atoms with Crippen LogP contribution in [0.3, 0.4) is 0 Å². The first-order valence-electron chi connectivity index (χ1n) is 5.30. The van der Waals surface area contributed by atoms with Crippen molar-refractivity contribution in [3.05, 3.63) is 35.9 Å². The van der Waals surface area contributed by atoms with Crippen LogP contribution in [0, 0.1) is 6.92 Å². The Hall–Kier alpha value is -2.63. The van der Waals surface area contributed by atoms with Crippen molar-refractivity contribution in [2.45, 2.75) is 6.92 Å². The van der Waals surface area contributed by atoms with Gasteiger partial charge in [-0.15, -0.1) is 0 Å². The minimum absolute atomic E-state index is 0.173. The van der Waals surface area contributed by atoms with E-state index in [1.165, 1.54) is 0 Å². The number of hydrogen-bond acceptors (Lipinski definition) is 4. The zero-order valence-electron chi connectivity index (χ0n) is 9.47. The van der Waals surface area contributed by atoms with Gasteiger partial charge in [0.2, 0.25) is 5.82 Å². The number of nitrogens with one attached hydrogen (secondary N) is 1. The van der Waals surface area contributed by atoms with Gasteiger partial charge >= 0.3 is 5.97 Å². The van der Waals surface area contributed by atoms with Crippen LogP contribution in [0.4, 0.5) is 0 Å². The molecular weight excluding hydrogens is 234 g/mol. The molecule has 2 N–H and O–H groups in total. The Morgan fingerprint density at radius 2 is 2.22 bits per heavy atom. The van der Waals surface area contributed by atoms with Crippen LogP contribution in [-0.2, 0) is 0 Å². The number of hydrogen-bond donors (Lipinski definition) is 2. The predicted octanol–water partition coefficient (Wildman–Crippen LogP) is 2.22. The third kappa shape index (κ3) is 1.64. The zero-order chi connectivity index (χ0) is 12.7. The monoisotopic (exact) mass is 243 g/mol. The highest BCUT2D eigenvalue weighted by Crippen LogP contribution is 2.24. The molecule has 0 fully saturated rings. The highest BCUT2D eigenvalue weighted by atomic mass is 16.4. The fraction of sp³-hybridized carbons (Fsp3) is 0.0833. The summed E-state index contributed by atoms with van der Waals surface area (Å²) in [6.45, 7) is 1.87. The predicted molar refractivity (Wildman–Crippen MR) is 63.3 cm³/mol. The van der Waals surface area contributed by atoms with Gasteiger partial charge in [-0.3, -0.25) is 5.10 Å². The first kappa shape index (κ1) is 10.5. The molecule has 0 aliphatic carbocycles. The number of fused-ring (bicyclic) bond motifs is 1. The van der Waals surface area contributed by atoms with E-state index in [4.69, 9.17) is 9.52 Å². The van der Waals surface area contributed by atoms with E-state index >= 15 is 0 Å². The lowest BCUT2D eigenvalue weighted by atomic mass is 10.1. The number of nitrogens with zero attached hydrogens (tertiary/aromatic N) is 2. The molecule has 0 saturated carbocycles. The summed E-state index contributed by atoms with van der Waals surface area (Å²) in [6, 6.07) is 7.37. The molecule has 2 aromatic heterocycles. The van der Waals surface area contributed by atoms with Crippen molar-refractivity contribution in [1.29, 1.82) is 0 Å². The highest BCUT2D eigenvalue weighted by molar-refractivity contribution is 5.85. The van der Waals surface area contributed by atoms with E-state index in [1.807, 2.05) is 25.1 Å². The van der Waals surface area contributed by atoms with E-state index in [-0.39, 0.29) is 5.82 Å². The standard InChI is InChI=1S/C12H9N3O3/c1-6-4-8-5-7(2-3-9(8)18-6)10-13-11(12(16)17)15-14-10/h2-5H,1H3,(H,16,17)(H,13,14,15). The van der Waals surface area contributed by atoms with E-state index in [1.54, 1.807) is 6.07 Å². The Morgan fingerprint density at radius 3 is 2.94 bits per heavy atom. The fourth-order valence-corrected chi connectivity index (χ4v) is 1.80. The van der Waals surface area contributed by atoms with E-state index in [0.29, 0.717) is 5.82 Å². The molecule has 0 amide bonds. The van der Waals surface area contributed by atoms with Gasteiger partial charge in [0.1, 0.15) is 11.3 Å². The Balaban J connectivity index is 2.09. The first-order valence-corrected chi connectivity index (χ1v) is 5.30. The van der Waals surface area contributed by atoms with Crippen molar-refractivity contribution in [2.75, 3.05) is 0 Å². The summed E-state index contributed by atoms with van der Waals surface area (Å²) < 4.78 is 5.46. The van der Waals surface area contributed by atoms with Crippen LogP contribution in [0.2, 0.25) is 0 Å². The number of aromatic carboxylic acids is 1. The molecule has 0 unspecified atom stereocenters. The van der Waals surface area contributed by atoms with Crippen LogP contribution in [-0.4, -0.2) is 26.3 Å². The molecule has 0 saturated heterocycles. The molecule has 2 heterocycles. The molecule has 90 valence electrons. The van der Waals surface area contributed by atoms with Crippen LogP contribution in [0.5, 0.6) is 0 Å². The number of aryl methyl sites for hydroxylation is 1. The van der Waals surface area contributed by atoms with Gasteiger partial charge in [0.25, 0.3) is 0 Å². The Kier molecular flexibility index (Phi) is 2.16. The Bertz CT molecular complexity index is 742. The molecule has 0 spiro atoms. The number of carboxylic acids is 1. The molecule has 18 heavy (non-hydrogen) atoms. The quantitative estimate of drug-likeness (QED) is 0.720. The van der Waals surface area contributed by atoms with Crippen LogP contribution < -0.4 is 0 Å². The first-order chi connectivity index (χ1) is 8.63. The summed E-state index contributed by atoms with van der Waals surface area (Å²) in [4.78, 5) is 14.6. The summed E-state index contributed by atoms with van der Waals surface area (Å²) in [7, 11) is 0. The van der Waals surface area contributed by atoms with Crippen molar-refractivity contribution < 1.29 is 14.3 Å². The number of carboxylic acid groups (broad SMARTS) is 1. The number of aromatic nitrogens is 3. The summed E-state index contributed by atoms with van der Waals surface area (Å²) in [5.74, 6) is -0.126. The molecule has 0 atom stereocenters. The van der Waals surface area contributed by atoms with Crippen LogP contribution in [0.1, 0.15) is 16.4 Å². The SMILES string of the molecule is Cc1cc2cc(-c3n[nH]c(C(=O)O)n3)ccc2o1. The number of aromatic amines is 1. The Labute approximate surface area is 101 Å². The molecule has 3 aromatic rings. The maximum absolute atomic E-state index is 10.7. The van der Waals surface area contributed by atoms with Gasteiger partial charge in [-0.2, -0.15) is 5.10 Å². The molecule has 0 bridgehead atoms. The number of rotatable bonds is 2. The average Bonchev–Trinajstić information content (AvgIpc) is 2.91. The minimum atomic E-state index is -1.13. The average molecular weight is 243 g/mol. The van der Waals surface area contributed by atoms with Crippen molar-refractivity contribution in [3.8, 4) is 11.4 Å². The maximum Gasteiger partial charge on any atom is 0.373 e. The van der Waals surface area contributed by atoms with E-state index in [0.717, 1.165) is 22.3 Å². The molecule has 0 aliphatic rings. The van der Waals surface area contributed by atoms with Crippen molar-refractivity contribution in [2.24, 2.45) is 0 Å². The summed E-state index contributed by atoms with van der Waals surface area (Å²) in [6.07, 6.45) is 0. The number of H-pyrrole nitrogens is 1. The van der Waals surface area contributed by atoms with Crippen molar-refractivity contribution in [3.63, 3.8) is 0 Å². The summed E-state index contributed by atoms with van der Waals surface area (Å²) in [5, 5.41) is 16.0. The largest absolute Gasteiger partial charge is 0.475 e.